The predicted molar refractivity (Wildman–Crippen MR) is 115 cm³/mol. The van der Waals surface area contributed by atoms with Crippen molar-refractivity contribution in [2.75, 3.05) is 7.11 Å². The molecular formula is C23H24N2O4S. The molecule has 0 unspecified atom stereocenters. The molecule has 1 heterocycles. The van der Waals surface area contributed by atoms with Gasteiger partial charge in [0.15, 0.2) is 0 Å². The lowest BCUT2D eigenvalue weighted by Crippen LogP contribution is -2.39. The van der Waals surface area contributed by atoms with Crippen molar-refractivity contribution in [3.8, 4) is 5.75 Å². The number of amides is 1. The van der Waals surface area contributed by atoms with Gasteiger partial charge in [-0.2, -0.15) is 0 Å². The number of aryl methyl sites for hydroxylation is 2. The lowest BCUT2D eigenvalue weighted by molar-refractivity contribution is -0.121. The van der Waals surface area contributed by atoms with Gasteiger partial charge in [-0.05, 0) is 62.1 Å². The number of methoxy groups -OCH3 is 1. The maximum atomic E-state index is 13.3. The number of rotatable bonds is 6. The highest BCUT2D eigenvalue weighted by atomic mass is 32.2. The first-order valence-corrected chi connectivity index (χ1v) is 11.4. The Bertz CT molecular complexity index is 1230. The van der Waals surface area contributed by atoms with E-state index in [1.54, 1.807) is 31.4 Å². The van der Waals surface area contributed by atoms with Crippen LogP contribution in [0.4, 0.5) is 0 Å². The van der Waals surface area contributed by atoms with Gasteiger partial charge >= 0.3 is 0 Å². The topological polar surface area (TPSA) is 85.4 Å². The summed E-state index contributed by atoms with van der Waals surface area (Å²) in [6, 6.07) is 14.0. The summed E-state index contributed by atoms with van der Waals surface area (Å²) in [5.74, 6) is 0.100. The fraction of sp³-hybridized carbons (Fsp3) is 0.304. The van der Waals surface area contributed by atoms with Crippen LogP contribution in [0.15, 0.2) is 53.4 Å². The molecule has 1 saturated carbocycles. The molecule has 0 saturated heterocycles. The van der Waals surface area contributed by atoms with Crippen LogP contribution in [-0.4, -0.2) is 26.4 Å². The van der Waals surface area contributed by atoms with Crippen molar-refractivity contribution in [2.24, 2.45) is 0 Å². The van der Waals surface area contributed by atoms with Crippen molar-refractivity contribution in [1.82, 2.24) is 9.71 Å². The van der Waals surface area contributed by atoms with Gasteiger partial charge in [-0.3, -0.25) is 9.78 Å². The van der Waals surface area contributed by atoms with Crippen molar-refractivity contribution in [1.29, 1.82) is 0 Å². The smallest absolute Gasteiger partial charge is 0.264 e. The summed E-state index contributed by atoms with van der Waals surface area (Å²) in [5, 5.41) is 0.486. The molecule has 0 atom stereocenters. The molecule has 4 rings (SSSR count). The summed E-state index contributed by atoms with van der Waals surface area (Å²) in [4.78, 5) is 17.7. The number of nitrogens with zero attached hydrogens (tertiary/aromatic N) is 1. The highest BCUT2D eigenvalue weighted by molar-refractivity contribution is 7.90. The van der Waals surface area contributed by atoms with Crippen LogP contribution < -0.4 is 9.46 Å². The second-order valence-electron chi connectivity index (χ2n) is 7.64. The van der Waals surface area contributed by atoms with Gasteiger partial charge in [0.2, 0.25) is 5.91 Å². The molecule has 1 aromatic heterocycles. The van der Waals surface area contributed by atoms with E-state index in [1.165, 1.54) is 6.07 Å². The molecule has 1 N–H and O–H groups in total. The van der Waals surface area contributed by atoms with E-state index in [0.717, 1.165) is 23.2 Å². The van der Waals surface area contributed by atoms with Crippen LogP contribution in [-0.2, 0) is 26.7 Å². The molecule has 0 radical (unpaired) electrons. The zero-order valence-corrected chi connectivity index (χ0v) is 18.0. The van der Waals surface area contributed by atoms with Crippen molar-refractivity contribution < 1.29 is 17.9 Å². The number of hydrogen-bond acceptors (Lipinski definition) is 5. The Morgan fingerprint density at radius 3 is 2.53 bits per heavy atom. The molecule has 7 heteroatoms. The first-order chi connectivity index (χ1) is 14.3. The number of benzene rings is 2. The van der Waals surface area contributed by atoms with Crippen LogP contribution in [0.2, 0.25) is 0 Å². The van der Waals surface area contributed by atoms with E-state index in [0.29, 0.717) is 29.5 Å². The lowest BCUT2D eigenvalue weighted by Gasteiger charge is -2.22. The third-order valence-corrected chi connectivity index (χ3v) is 7.11. The predicted octanol–water partition coefficient (Wildman–Crippen LogP) is 3.65. The molecule has 30 heavy (non-hydrogen) atoms. The van der Waals surface area contributed by atoms with E-state index in [4.69, 9.17) is 4.74 Å². The molecule has 0 aliphatic heterocycles. The molecule has 1 aliphatic rings. The number of sulfonamides is 1. The lowest BCUT2D eigenvalue weighted by atomic mass is 9.88. The number of ether oxygens (including phenoxy) is 1. The van der Waals surface area contributed by atoms with Gasteiger partial charge in [-0.15, -0.1) is 0 Å². The molecule has 3 aromatic rings. The standard InChI is InChI=1S/C23H24N2O4S/c1-4-16-7-5-9-19(29-3)21(16)23(13-14-23)22(26)25-30(27,28)20-10-6-8-18-17(20)12-11-15(2)24-18/h5-12H,4,13-14H2,1-3H3,(H,25,26). The summed E-state index contributed by atoms with van der Waals surface area (Å²) < 4.78 is 34.2. The average molecular weight is 425 g/mol. The quantitative estimate of drug-likeness (QED) is 0.653. The summed E-state index contributed by atoms with van der Waals surface area (Å²) in [6.45, 7) is 3.85. The van der Waals surface area contributed by atoms with Crippen LogP contribution in [0.25, 0.3) is 10.9 Å². The second-order valence-corrected chi connectivity index (χ2v) is 9.29. The number of carbonyl (C=O) groups excluding carboxylic acids is 1. The molecule has 2 aromatic carbocycles. The molecule has 1 aliphatic carbocycles. The van der Waals surface area contributed by atoms with Crippen molar-refractivity contribution in [3.05, 3.63) is 65.4 Å². The summed E-state index contributed by atoms with van der Waals surface area (Å²) in [7, 11) is -2.51. The maximum absolute atomic E-state index is 13.3. The minimum absolute atomic E-state index is 0.0485. The third-order valence-electron chi connectivity index (χ3n) is 5.72. The molecule has 156 valence electrons. The van der Waals surface area contributed by atoms with Gasteiger partial charge in [-0.25, -0.2) is 13.1 Å². The first kappa shape index (κ1) is 20.3. The Morgan fingerprint density at radius 2 is 1.87 bits per heavy atom. The normalized spacial score (nSPS) is 15.0. The minimum atomic E-state index is -4.07. The number of carbonyl (C=O) groups is 1. The summed E-state index contributed by atoms with van der Waals surface area (Å²) >= 11 is 0. The van der Waals surface area contributed by atoms with Crippen LogP contribution in [0.5, 0.6) is 5.75 Å². The van der Waals surface area contributed by atoms with E-state index in [-0.39, 0.29) is 4.90 Å². The van der Waals surface area contributed by atoms with E-state index < -0.39 is 21.3 Å². The van der Waals surface area contributed by atoms with Crippen LogP contribution >= 0.6 is 0 Å². The fourth-order valence-electron chi connectivity index (χ4n) is 4.04. The largest absolute Gasteiger partial charge is 0.496 e. The number of aromatic nitrogens is 1. The molecule has 0 bridgehead atoms. The maximum Gasteiger partial charge on any atom is 0.264 e. The molecular weight excluding hydrogens is 400 g/mol. The van der Waals surface area contributed by atoms with E-state index >= 15 is 0 Å². The Morgan fingerprint density at radius 1 is 1.13 bits per heavy atom. The molecule has 1 amide bonds. The number of pyridine rings is 1. The monoisotopic (exact) mass is 424 g/mol. The van der Waals surface area contributed by atoms with Crippen molar-refractivity contribution >= 4 is 26.8 Å². The Kier molecular flexibility index (Phi) is 5.02. The van der Waals surface area contributed by atoms with Gasteiger partial charge in [0.25, 0.3) is 10.0 Å². The fourth-order valence-corrected chi connectivity index (χ4v) is 5.31. The van der Waals surface area contributed by atoms with Gasteiger partial charge in [0.1, 0.15) is 5.75 Å². The summed E-state index contributed by atoms with van der Waals surface area (Å²) in [6.07, 6.45) is 1.89. The highest BCUT2D eigenvalue weighted by Crippen LogP contribution is 2.53. The van der Waals surface area contributed by atoms with Gasteiger partial charge < -0.3 is 4.74 Å². The molecule has 6 nitrogen and oxygen atoms in total. The van der Waals surface area contributed by atoms with Crippen LogP contribution in [0, 0.1) is 6.92 Å². The third kappa shape index (κ3) is 3.33. The van der Waals surface area contributed by atoms with Gasteiger partial charge in [0, 0.05) is 16.6 Å². The van der Waals surface area contributed by atoms with Crippen LogP contribution in [0.3, 0.4) is 0 Å². The first-order valence-electron chi connectivity index (χ1n) is 9.92. The molecule has 1 fully saturated rings. The van der Waals surface area contributed by atoms with Crippen LogP contribution in [0.1, 0.15) is 36.6 Å². The zero-order valence-electron chi connectivity index (χ0n) is 17.2. The van der Waals surface area contributed by atoms with E-state index in [1.807, 2.05) is 32.0 Å². The SMILES string of the molecule is CCc1cccc(OC)c1C1(C(=O)NS(=O)(=O)c2cccc3nc(C)ccc23)CC1. The minimum Gasteiger partial charge on any atom is -0.496 e. The van der Waals surface area contributed by atoms with Gasteiger partial charge in [0.05, 0.1) is 22.9 Å². The number of nitrogens with one attached hydrogen (secondary N) is 1. The highest BCUT2D eigenvalue weighted by Gasteiger charge is 2.54. The average Bonchev–Trinajstić information content (AvgIpc) is 3.54. The van der Waals surface area contributed by atoms with Gasteiger partial charge in [-0.1, -0.05) is 25.1 Å². The Hall–Kier alpha value is -2.93. The Balaban J connectivity index is 1.73. The number of hydrogen-bond donors (Lipinski definition) is 1. The molecule has 0 spiro atoms. The Labute approximate surface area is 176 Å². The number of fused-ring (bicyclic) bond motifs is 1. The zero-order chi connectivity index (χ0) is 21.5. The van der Waals surface area contributed by atoms with Crippen molar-refractivity contribution in [3.63, 3.8) is 0 Å². The second kappa shape index (κ2) is 7.40. The summed E-state index contributed by atoms with van der Waals surface area (Å²) in [5.41, 5.74) is 2.26. The van der Waals surface area contributed by atoms with E-state index in [2.05, 4.69) is 9.71 Å². The van der Waals surface area contributed by atoms with E-state index in [9.17, 15) is 13.2 Å². The van der Waals surface area contributed by atoms with Crippen molar-refractivity contribution in [2.45, 2.75) is 43.4 Å².